The Morgan fingerprint density at radius 3 is 2.61 bits per heavy atom. The summed E-state index contributed by atoms with van der Waals surface area (Å²) in [4.78, 5) is 7.75. The average molecular weight is 243 g/mol. The molecule has 1 heterocycles. The van der Waals surface area contributed by atoms with E-state index in [2.05, 4.69) is 41.2 Å². The Hall–Kier alpha value is -1.61. The number of benzene rings is 1. The lowest BCUT2D eigenvalue weighted by Gasteiger charge is -2.02. The zero-order valence-electron chi connectivity index (χ0n) is 11.1. The number of aromatic amines is 1. The minimum atomic E-state index is 0.224. The van der Waals surface area contributed by atoms with E-state index in [4.69, 9.17) is 5.73 Å². The average Bonchev–Trinajstić information content (AvgIpc) is 2.85. The quantitative estimate of drug-likeness (QED) is 0.848. The first-order chi connectivity index (χ1) is 8.69. The lowest BCUT2D eigenvalue weighted by Crippen LogP contribution is -2.15. The summed E-state index contributed by atoms with van der Waals surface area (Å²) in [6.07, 6.45) is 4.84. The predicted octanol–water partition coefficient (Wildman–Crippen LogP) is 2.92. The number of H-pyrrole nitrogens is 1. The molecule has 0 bridgehead atoms. The van der Waals surface area contributed by atoms with E-state index in [1.165, 1.54) is 11.1 Å². The first-order valence-electron chi connectivity index (χ1n) is 6.57. The van der Waals surface area contributed by atoms with Crippen LogP contribution in [0.3, 0.4) is 0 Å². The number of aryl methyl sites for hydroxylation is 2. The maximum atomic E-state index is 5.75. The number of aromatic nitrogens is 2. The highest BCUT2D eigenvalue weighted by Crippen LogP contribution is 2.18. The van der Waals surface area contributed by atoms with Crippen LogP contribution in [0.5, 0.6) is 0 Å². The molecule has 0 amide bonds. The molecule has 3 N–H and O–H groups in total. The van der Waals surface area contributed by atoms with Crippen LogP contribution in [0.2, 0.25) is 0 Å². The molecule has 0 saturated carbocycles. The fraction of sp³-hybridized carbons (Fsp3) is 0.400. The van der Waals surface area contributed by atoms with E-state index in [-0.39, 0.29) is 6.04 Å². The van der Waals surface area contributed by atoms with Gasteiger partial charge in [-0.2, -0.15) is 0 Å². The lowest BCUT2D eigenvalue weighted by atomic mass is 10.1. The SMILES string of the molecule is CCc1ccc(-c2cnc(CCC(C)N)[nH]2)cc1. The van der Waals surface area contributed by atoms with E-state index in [1.54, 1.807) is 0 Å². The molecular formula is C15H21N3. The van der Waals surface area contributed by atoms with Crippen LogP contribution in [0.4, 0.5) is 0 Å². The smallest absolute Gasteiger partial charge is 0.106 e. The summed E-state index contributed by atoms with van der Waals surface area (Å²) in [7, 11) is 0. The van der Waals surface area contributed by atoms with Crippen molar-refractivity contribution in [2.45, 2.75) is 39.2 Å². The van der Waals surface area contributed by atoms with Gasteiger partial charge in [-0.1, -0.05) is 31.2 Å². The van der Waals surface area contributed by atoms with Crippen molar-refractivity contribution in [1.29, 1.82) is 0 Å². The normalized spacial score (nSPS) is 12.6. The number of rotatable bonds is 5. The van der Waals surface area contributed by atoms with Crippen LogP contribution < -0.4 is 5.73 Å². The Bertz CT molecular complexity index is 483. The molecule has 1 aromatic carbocycles. The Morgan fingerprint density at radius 1 is 1.28 bits per heavy atom. The van der Waals surface area contributed by atoms with E-state index in [0.29, 0.717) is 0 Å². The predicted molar refractivity (Wildman–Crippen MR) is 75.4 cm³/mol. The second kappa shape index (κ2) is 5.83. The summed E-state index contributed by atoms with van der Waals surface area (Å²) in [5.74, 6) is 1.02. The highest BCUT2D eigenvalue weighted by molar-refractivity contribution is 5.58. The first kappa shape index (κ1) is 12.8. The monoisotopic (exact) mass is 243 g/mol. The van der Waals surface area contributed by atoms with Gasteiger partial charge < -0.3 is 10.7 Å². The molecule has 1 aromatic heterocycles. The summed E-state index contributed by atoms with van der Waals surface area (Å²) in [5, 5.41) is 0. The zero-order chi connectivity index (χ0) is 13.0. The highest BCUT2D eigenvalue weighted by Gasteiger charge is 2.04. The van der Waals surface area contributed by atoms with E-state index >= 15 is 0 Å². The summed E-state index contributed by atoms with van der Waals surface area (Å²) < 4.78 is 0. The second-order valence-corrected chi connectivity index (χ2v) is 4.81. The molecule has 1 atom stereocenters. The molecule has 0 radical (unpaired) electrons. The van der Waals surface area contributed by atoms with Crippen molar-refractivity contribution in [2.24, 2.45) is 5.73 Å². The van der Waals surface area contributed by atoms with Crippen molar-refractivity contribution >= 4 is 0 Å². The van der Waals surface area contributed by atoms with Gasteiger partial charge in [0.2, 0.25) is 0 Å². The third-order valence-electron chi connectivity index (χ3n) is 3.14. The van der Waals surface area contributed by atoms with E-state index in [9.17, 15) is 0 Å². The van der Waals surface area contributed by atoms with Gasteiger partial charge in [0.05, 0.1) is 11.9 Å². The van der Waals surface area contributed by atoms with Gasteiger partial charge in [-0.05, 0) is 30.9 Å². The van der Waals surface area contributed by atoms with Crippen molar-refractivity contribution in [1.82, 2.24) is 9.97 Å². The Labute approximate surface area is 108 Å². The Kier molecular flexibility index (Phi) is 4.15. The molecule has 3 heteroatoms. The minimum Gasteiger partial charge on any atom is -0.342 e. The second-order valence-electron chi connectivity index (χ2n) is 4.81. The molecule has 0 spiro atoms. The summed E-state index contributed by atoms with van der Waals surface area (Å²) >= 11 is 0. The van der Waals surface area contributed by atoms with Crippen molar-refractivity contribution in [3.8, 4) is 11.3 Å². The molecule has 3 nitrogen and oxygen atoms in total. The van der Waals surface area contributed by atoms with Crippen molar-refractivity contribution in [3.05, 3.63) is 41.9 Å². The van der Waals surface area contributed by atoms with Crippen molar-refractivity contribution in [2.75, 3.05) is 0 Å². The number of nitrogens with zero attached hydrogens (tertiary/aromatic N) is 1. The van der Waals surface area contributed by atoms with Gasteiger partial charge in [0.25, 0.3) is 0 Å². The molecule has 0 fully saturated rings. The molecule has 96 valence electrons. The molecule has 0 aliphatic heterocycles. The molecule has 0 aliphatic carbocycles. The number of imidazole rings is 1. The van der Waals surface area contributed by atoms with Crippen LogP contribution >= 0.6 is 0 Å². The zero-order valence-corrected chi connectivity index (χ0v) is 11.1. The lowest BCUT2D eigenvalue weighted by molar-refractivity contribution is 0.652. The van der Waals surface area contributed by atoms with Crippen molar-refractivity contribution < 1.29 is 0 Å². The topological polar surface area (TPSA) is 54.7 Å². The Morgan fingerprint density at radius 2 is 2.00 bits per heavy atom. The molecule has 0 saturated heterocycles. The maximum absolute atomic E-state index is 5.75. The third-order valence-corrected chi connectivity index (χ3v) is 3.14. The summed E-state index contributed by atoms with van der Waals surface area (Å²) in [6, 6.07) is 8.83. The van der Waals surface area contributed by atoms with Gasteiger partial charge >= 0.3 is 0 Å². The molecular weight excluding hydrogens is 222 g/mol. The van der Waals surface area contributed by atoms with Crippen LogP contribution in [0.15, 0.2) is 30.5 Å². The van der Waals surface area contributed by atoms with E-state index in [1.807, 2.05) is 13.1 Å². The third kappa shape index (κ3) is 3.20. The number of nitrogens with one attached hydrogen (secondary N) is 1. The standard InChI is InChI=1S/C15H21N3/c1-3-12-5-7-13(8-6-12)14-10-17-15(18-14)9-4-11(2)16/h5-8,10-11H,3-4,9,16H2,1-2H3,(H,17,18). The van der Waals surface area contributed by atoms with Crippen LogP contribution in [-0.4, -0.2) is 16.0 Å². The van der Waals surface area contributed by atoms with E-state index < -0.39 is 0 Å². The fourth-order valence-electron chi connectivity index (χ4n) is 1.92. The van der Waals surface area contributed by atoms with Crippen LogP contribution in [0.1, 0.15) is 31.7 Å². The molecule has 2 rings (SSSR count). The summed E-state index contributed by atoms with van der Waals surface area (Å²) in [5.41, 5.74) is 9.37. The molecule has 2 aromatic rings. The molecule has 1 unspecified atom stereocenters. The van der Waals surface area contributed by atoms with Crippen LogP contribution in [-0.2, 0) is 12.8 Å². The van der Waals surface area contributed by atoms with Crippen LogP contribution in [0, 0.1) is 0 Å². The van der Waals surface area contributed by atoms with Crippen LogP contribution in [0.25, 0.3) is 11.3 Å². The van der Waals surface area contributed by atoms with E-state index in [0.717, 1.165) is 30.8 Å². The van der Waals surface area contributed by atoms with Gasteiger partial charge in [0, 0.05) is 12.5 Å². The summed E-state index contributed by atoms with van der Waals surface area (Å²) in [6.45, 7) is 4.19. The van der Waals surface area contributed by atoms with Gasteiger partial charge in [-0.25, -0.2) is 4.98 Å². The van der Waals surface area contributed by atoms with Gasteiger partial charge in [0.1, 0.15) is 5.82 Å². The van der Waals surface area contributed by atoms with Crippen molar-refractivity contribution in [3.63, 3.8) is 0 Å². The fourth-order valence-corrected chi connectivity index (χ4v) is 1.92. The highest BCUT2D eigenvalue weighted by atomic mass is 14.9. The minimum absolute atomic E-state index is 0.224. The Balaban J connectivity index is 2.08. The molecule has 0 aliphatic rings. The number of hydrogen-bond acceptors (Lipinski definition) is 2. The molecule has 18 heavy (non-hydrogen) atoms. The first-order valence-corrected chi connectivity index (χ1v) is 6.57. The largest absolute Gasteiger partial charge is 0.342 e. The number of nitrogens with two attached hydrogens (primary N) is 1. The maximum Gasteiger partial charge on any atom is 0.106 e. The van der Waals surface area contributed by atoms with Gasteiger partial charge in [-0.3, -0.25) is 0 Å². The van der Waals surface area contributed by atoms with Gasteiger partial charge in [0.15, 0.2) is 0 Å². The van der Waals surface area contributed by atoms with Gasteiger partial charge in [-0.15, -0.1) is 0 Å². The number of hydrogen-bond donors (Lipinski definition) is 2.